The predicted molar refractivity (Wildman–Crippen MR) is 40.4 cm³/mol. The average Bonchev–Trinajstić information content (AvgIpc) is 2.49. The van der Waals surface area contributed by atoms with Crippen LogP contribution in [0.25, 0.3) is 0 Å². The highest BCUT2D eigenvalue weighted by Crippen LogP contribution is 2.60. The van der Waals surface area contributed by atoms with Crippen LogP contribution in [0.3, 0.4) is 0 Å². The molecule has 3 fully saturated rings. The molecular weight excluding hydrogens is 122 g/mol. The van der Waals surface area contributed by atoms with Crippen LogP contribution in [0.2, 0.25) is 0 Å². The van der Waals surface area contributed by atoms with E-state index in [1.165, 1.54) is 25.7 Å². The largest absolute Gasteiger partial charge is 0.327 e. The van der Waals surface area contributed by atoms with Crippen molar-refractivity contribution in [2.75, 3.05) is 0 Å². The fraction of sp³-hybridized carbons (Fsp3) is 1.00. The van der Waals surface area contributed by atoms with Gasteiger partial charge in [0.15, 0.2) is 0 Å². The van der Waals surface area contributed by atoms with Gasteiger partial charge in [0.1, 0.15) is 0 Å². The molecule has 0 aromatic carbocycles. The van der Waals surface area contributed by atoms with Gasteiger partial charge in [-0.05, 0) is 49.4 Å². The van der Waals surface area contributed by atoms with Gasteiger partial charge in [-0.2, -0.15) is 0 Å². The molecule has 3 aliphatic carbocycles. The molecule has 0 aromatic rings. The van der Waals surface area contributed by atoms with Gasteiger partial charge in [-0.15, -0.1) is 0 Å². The topological polar surface area (TPSA) is 26.0 Å². The van der Waals surface area contributed by atoms with E-state index in [0.717, 1.165) is 23.7 Å². The summed E-state index contributed by atoms with van der Waals surface area (Å²) < 4.78 is 0. The molecule has 0 heterocycles. The first-order valence-electron chi connectivity index (χ1n) is 4.62. The van der Waals surface area contributed by atoms with Crippen LogP contribution in [-0.2, 0) is 0 Å². The molecule has 5 atom stereocenters. The van der Waals surface area contributed by atoms with Crippen LogP contribution < -0.4 is 5.73 Å². The zero-order chi connectivity index (χ0) is 6.72. The first-order valence-corrected chi connectivity index (χ1v) is 4.62. The van der Waals surface area contributed by atoms with Crippen LogP contribution in [0.5, 0.6) is 0 Å². The highest BCUT2D eigenvalue weighted by Gasteiger charge is 2.55. The molecule has 0 radical (unpaired) electrons. The maximum Gasteiger partial charge on any atom is 0.00753 e. The van der Waals surface area contributed by atoms with Crippen LogP contribution in [0.1, 0.15) is 25.7 Å². The Morgan fingerprint density at radius 2 is 1.90 bits per heavy atom. The maximum atomic E-state index is 6.04. The summed E-state index contributed by atoms with van der Waals surface area (Å²) in [6.07, 6.45) is 5.89. The summed E-state index contributed by atoms with van der Waals surface area (Å²) in [4.78, 5) is 0. The fourth-order valence-corrected chi connectivity index (χ4v) is 3.97. The van der Waals surface area contributed by atoms with Crippen LogP contribution in [0.15, 0.2) is 0 Å². The van der Waals surface area contributed by atoms with Crippen molar-refractivity contribution >= 4 is 0 Å². The van der Waals surface area contributed by atoms with E-state index in [1.54, 1.807) is 0 Å². The molecule has 2 N–H and O–H groups in total. The average molecular weight is 137 g/mol. The van der Waals surface area contributed by atoms with Gasteiger partial charge in [0.05, 0.1) is 0 Å². The third-order valence-corrected chi connectivity index (χ3v) is 4.19. The molecule has 0 amide bonds. The van der Waals surface area contributed by atoms with Crippen molar-refractivity contribution in [3.63, 3.8) is 0 Å². The molecule has 3 rings (SSSR count). The molecule has 3 saturated carbocycles. The lowest BCUT2D eigenvalue weighted by atomic mass is 9.84. The Bertz CT molecular complexity index is 164. The molecule has 1 nitrogen and oxygen atoms in total. The van der Waals surface area contributed by atoms with Gasteiger partial charge in [0, 0.05) is 6.04 Å². The molecule has 4 bridgehead atoms. The molecule has 0 spiro atoms. The van der Waals surface area contributed by atoms with Crippen molar-refractivity contribution in [1.82, 2.24) is 0 Å². The summed E-state index contributed by atoms with van der Waals surface area (Å²) in [5.74, 6) is 4.14. The Balaban J connectivity index is 1.99. The van der Waals surface area contributed by atoms with Crippen molar-refractivity contribution < 1.29 is 0 Å². The van der Waals surface area contributed by atoms with Gasteiger partial charge in [-0.25, -0.2) is 0 Å². The first kappa shape index (κ1) is 5.59. The monoisotopic (exact) mass is 137 g/mol. The summed E-state index contributed by atoms with van der Waals surface area (Å²) in [6.45, 7) is 0. The second kappa shape index (κ2) is 1.58. The molecule has 0 saturated heterocycles. The van der Waals surface area contributed by atoms with Gasteiger partial charge in [0.25, 0.3) is 0 Å². The lowest BCUT2D eigenvalue weighted by molar-refractivity contribution is 0.292. The smallest absolute Gasteiger partial charge is 0.00753 e. The van der Waals surface area contributed by atoms with Crippen molar-refractivity contribution in [2.24, 2.45) is 29.4 Å². The summed E-state index contributed by atoms with van der Waals surface area (Å²) in [5, 5.41) is 0. The Morgan fingerprint density at radius 1 is 1.00 bits per heavy atom. The predicted octanol–water partition coefficient (Wildman–Crippen LogP) is 1.38. The highest BCUT2D eigenvalue weighted by molar-refractivity contribution is 5.07. The standard InChI is InChI=1S/C9H15N/c10-8-4-6-3-5-1-2-7(6)9(5)8/h5-9H,1-4,10H2/t5-,6+,7?,8+,9+/m0/s1. The van der Waals surface area contributed by atoms with E-state index >= 15 is 0 Å². The number of hydrogen-bond acceptors (Lipinski definition) is 1. The normalized spacial score (nSPS) is 63.9. The Morgan fingerprint density at radius 3 is 2.50 bits per heavy atom. The van der Waals surface area contributed by atoms with E-state index in [-0.39, 0.29) is 0 Å². The van der Waals surface area contributed by atoms with Crippen LogP contribution in [-0.4, -0.2) is 6.04 Å². The summed E-state index contributed by atoms with van der Waals surface area (Å²) in [6, 6.07) is 0.594. The molecule has 1 heteroatoms. The fourth-order valence-electron chi connectivity index (χ4n) is 3.97. The SMILES string of the molecule is N[C@@H]1C[C@H]2C[C@@H]3CCC2[C@@H]31. The van der Waals surface area contributed by atoms with E-state index in [0.29, 0.717) is 6.04 Å². The Labute approximate surface area is 62.0 Å². The molecule has 0 aliphatic heterocycles. The number of hydrogen-bond donors (Lipinski definition) is 1. The van der Waals surface area contributed by atoms with Crippen molar-refractivity contribution in [3.8, 4) is 0 Å². The molecule has 56 valence electrons. The molecule has 0 aromatic heterocycles. The lowest BCUT2D eigenvalue weighted by Gasteiger charge is -2.24. The minimum absolute atomic E-state index is 0.594. The lowest BCUT2D eigenvalue weighted by Crippen LogP contribution is -2.30. The van der Waals surface area contributed by atoms with Gasteiger partial charge in [0.2, 0.25) is 0 Å². The van der Waals surface area contributed by atoms with E-state index in [2.05, 4.69) is 0 Å². The molecule has 3 aliphatic rings. The summed E-state index contributed by atoms with van der Waals surface area (Å²) in [7, 11) is 0. The van der Waals surface area contributed by atoms with E-state index in [1.807, 2.05) is 0 Å². The van der Waals surface area contributed by atoms with E-state index < -0.39 is 0 Å². The molecule has 10 heavy (non-hydrogen) atoms. The van der Waals surface area contributed by atoms with Crippen molar-refractivity contribution in [1.29, 1.82) is 0 Å². The molecular formula is C9H15N. The summed E-state index contributed by atoms with van der Waals surface area (Å²) in [5.41, 5.74) is 6.04. The van der Waals surface area contributed by atoms with E-state index in [4.69, 9.17) is 5.73 Å². The Hall–Kier alpha value is -0.0400. The van der Waals surface area contributed by atoms with Crippen LogP contribution >= 0.6 is 0 Å². The van der Waals surface area contributed by atoms with Gasteiger partial charge >= 0.3 is 0 Å². The van der Waals surface area contributed by atoms with Gasteiger partial charge < -0.3 is 5.73 Å². The number of rotatable bonds is 0. The van der Waals surface area contributed by atoms with Gasteiger partial charge in [-0.3, -0.25) is 0 Å². The van der Waals surface area contributed by atoms with Gasteiger partial charge in [-0.1, -0.05) is 0 Å². The minimum Gasteiger partial charge on any atom is -0.327 e. The second-order valence-electron chi connectivity index (χ2n) is 4.47. The van der Waals surface area contributed by atoms with Crippen LogP contribution in [0, 0.1) is 23.7 Å². The zero-order valence-electron chi connectivity index (χ0n) is 6.29. The van der Waals surface area contributed by atoms with Crippen LogP contribution in [0.4, 0.5) is 0 Å². The van der Waals surface area contributed by atoms with Crippen molar-refractivity contribution in [2.45, 2.75) is 31.7 Å². The first-order chi connectivity index (χ1) is 4.86. The highest BCUT2D eigenvalue weighted by atomic mass is 14.8. The Kier molecular flexibility index (Phi) is 0.883. The van der Waals surface area contributed by atoms with E-state index in [9.17, 15) is 0 Å². The zero-order valence-corrected chi connectivity index (χ0v) is 6.29. The molecule has 1 unspecified atom stereocenters. The minimum atomic E-state index is 0.594. The number of nitrogens with two attached hydrogens (primary N) is 1. The third-order valence-electron chi connectivity index (χ3n) is 4.19. The second-order valence-corrected chi connectivity index (χ2v) is 4.47. The quantitative estimate of drug-likeness (QED) is 0.536. The third kappa shape index (κ3) is 0.460. The summed E-state index contributed by atoms with van der Waals surface area (Å²) >= 11 is 0. The maximum absolute atomic E-state index is 6.04. The van der Waals surface area contributed by atoms with Crippen molar-refractivity contribution in [3.05, 3.63) is 0 Å².